The molecule has 2 unspecified atom stereocenters. The third-order valence-corrected chi connectivity index (χ3v) is 2.70. The van der Waals surface area contributed by atoms with Crippen molar-refractivity contribution >= 4 is 0 Å². The monoisotopic (exact) mass is 295 g/mol. The van der Waals surface area contributed by atoms with E-state index in [1.54, 1.807) is 0 Å². The molecule has 1 rings (SSSR count). The molecule has 0 bridgehead atoms. The van der Waals surface area contributed by atoms with E-state index in [0.29, 0.717) is 5.89 Å². The van der Waals surface area contributed by atoms with Gasteiger partial charge in [0.05, 0.1) is 0 Å². The molecule has 0 aromatic carbocycles. The summed E-state index contributed by atoms with van der Waals surface area (Å²) < 4.78 is 45.2. The first kappa shape index (κ1) is 16.9. The molecule has 0 saturated carbocycles. The Balaban J connectivity index is 2.34. The number of hydrogen-bond donors (Lipinski definition) is 1. The average Bonchev–Trinajstić information content (AvgIpc) is 2.75. The molecular weight excluding hydrogens is 275 g/mol. The van der Waals surface area contributed by atoms with Crippen LogP contribution >= 0.6 is 0 Å². The van der Waals surface area contributed by atoms with Gasteiger partial charge in [-0.1, -0.05) is 18.5 Å². The fraction of sp³-hybridized carbons (Fsp3) is 0.833. The zero-order valence-corrected chi connectivity index (χ0v) is 11.6. The number of nitrogens with zero attached hydrogens (tertiary/aromatic N) is 2. The molecule has 1 aromatic heterocycles. The number of aromatic nitrogens is 2. The van der Waals surface area contributed by atoms with Crippen molar-refractivity contribution in [2.75, 3.05) is 6.61 Å². The van der Waals surface area contributed by atoms with E-state index in [9.17, 15) is 13.2 Å². The molecule has 2 N–H and O–H groups in total. The summed E-state index contributed by atoms with van der Waals surface area (Å²) in [5, 5.41) is 3.60. The van der Waals surface area contributed by atoms with Gasteiger partial charge < -0.3 is 15.0 Å². The number of nitrogens with two attached hydrogens (primary N) is 1. The van der Waals surface area contributed by atoms with Crippen LogP contribution < -0.4 is 5.73 Å². The van der Waals surface area contributed by atoms with Crippen molar-refractivity contribution in [1.82, 2.24) is 10.1 Å². The van der Waals surface area contributed by atoms with Gasteiger partial charge in [-0.25, -0.2) is 0 Å². The number of halogens is 3. The van der Waals surface area contributed by atoms with Crippen LogP contribution in [0.3, 0.4) is 0 Å². The van der Waals surface area contributed by atoms with Crippen molar-refractivity contribution in [1.29, 1.82) is 0 Å². The Hall–Kier alpha value is -1.15. The summed E-state index contributed by atoms with van der Waals surface area (Å²) in [4.78, 5) is 4.03. The van der Waals surface area contributed by atoms with Crippen LogP contribution in [-0.4, -0.2) is 29.0 Å². The minimum absolute atomic E-state index is 0.0533. The number of rotatable bonds is 8. The van der Waals surface area contributed by atoms with Gasteiger partial charge in [0.15, 0.2) is 5.82 Å². The normalized spacial score (nSPS) is 15.3. The summed E-state index contributed by atoms with van der Waals surface area (Å²) in [5.74, 6) is 0.598. The highest BCUT2D eigenvalue weighted by atomic mass is 19.4. The topological polar surface area (TPSA) is 74.2 Å². The number of ether oxygens (including phenoxy) is 1. The molecule has 1 heterocycles. The molecule has 0 aliphatic heterocycles. The lowest BCUT2D eigenvalue weighted by Gasteiger charge is -2.07. The summed E-state index contributed by atoms with van der Waals surface area (Å²) in [5.41, 5.74) is 5.65. The Morgan fingerprint density at radius 1 is 1.30 bits per heavy atom. The van der Waals surface area contributed by atoms with E-state index in [0.717, 1.165) is 19.3 Å². The van der Waals surface area contributed by atoms with E-state index in [1.165, 1.54) is 0 Å². The molecular formula is C12H20F3N3O2. The van der Waals surface area contributed by atoms with Gasteiger partial charge in [-0.05, 0) is 19.8 Å². The van der Waals surface area contributed by atoms with Crippen LogP contribution in [0.1, 0.15) is 50.7 Å². The third kappa shape index (κ3) is 6.85. The van der Waals surface area contributed by atoms with Crippen molar-refractivity contribution in [3.63, 3.8) is 0 Å². The predicted octanol–water partition coefficient (Wildman–Crippen LogP) is 2.77. The van der Waals surface area contributed by atoms with Crippen LogP contribution in [-0.2, 0) is 11.3 Å². The lowest BCUT2D eigenvalue weighted by molar-refractivity contribution is -0.177. The highest BCUT2D eigenvalue weighted by molar-refractivity contribution is 4.91. The third-order valence-electron chi connectivity index (χ3n) is 2.70. The molecule has 1 aromatic rings. The summed E-state index contributed by atoms with van der Waals surface area (Å²) in [6.45, 7) is 2.24. The van der Waals surface area contributed by atoms with Crippen LogP contribution in [0.2, 0.25) is 0 Å². The van der Waals surface area contributed by atoms with E-state index in [1.807, 2.05) is 13.8 Å². The van der Waals surface area contributed by atoms with Crippen LogP contribution in [0.5, 0.6) is 0 Å². The Kier molecular flexibility index (Phi) is 6.41. The van der Waals surface area contributed by atoms with Gasteiger partial charge in [0.25, 0.3) is 0 Å². The van der Waals surface area contributed by atoms with Crippen molar-refractivity contribution in [2.24, 2.45) is 5.73 Å². The van der Waals surface area contributed by atoms with Crippen molar-refractivity contribution < 1.29 is 22.4 Å². The van der Waals surface area contributed by atoms with Crippen molar-refractivity contribution in [3.05, 3.63) is 11.7 Å². The highest BCUT2D eigenvalue weighted by Gasteiger charge is 2.27. The molecule has 20 heavy (non-hydrogen) atoms. The second kappa shape index (κ2) is 7.58. The van der Waals surface area contributed by atoms with Crippen LogP contribution in [0, 0.1) is 0 Å². The first-order valence-corrected chi connectivity index (χ1v) is 6.50. The van der Waals surface area contributed by atoms with Gasteiger partial charge >= 0.3 is 6.18 Å². The lowest BCUT2D eigenvalue weighted by Crippen LogP contribution is -2.17. The zero-order chi connectivity index (χ0) is 15.2. The number of alkyl halides is 3. The van der Waals surface area contributed by atoms with Gasteiger partial charge in [0, 0.05) is 12.0 Å². The molecule has 116 valence electrons. The van der Waals surface area contributed by atoms with Crippen LogP contribution in [0.25, 0.3) is 0 Å². The average molecular weight is 295 g/mol. The van der Waals surface area contributed by atoms with E-state index in [2.05, 4.69) is 14.9 Å². The molecule has 0 aliphatic rings. The summed E-state index contributed by atoms with van der Waals surface area (Å²) in [6, 6.07) is 0.149. The molecule has 0 amide bonds. The van der Waals surface area contributed by atoms with Gasteiger partial charge in [-0.2, -0.15) is 18.2 Å². The minimum Gasteiger partial charge on any atom is -0.364 e. The maximum atomic E-state index is 11.9. The Bertz CT molecular complexity index is 394. The van der Waals surface area contributed by atoms with Crippen LogP contribution in [0.15, 0.2) is 4.52 Å². The predicted molar refractivity (Wildman–Crippen MR) is 65.9 cm³/mol. The van der Waals surface area contributed by atoms with Gasteiger partial charge in [0.1, 0.15) is 13.2 Å². The Morgan fingerprint density at radius 3 is 2.60 bits per heavy atom. The van der Waals surface area contributed by atoms with E-state index < -0.39 is 12.8 Å². The first-order chi connectivity index (χ1) is 9.28. The largest absolute Gasteiger partial charge is 0.411 e. The molecule has 0 radical (unpaired) electrons. The first-order valence-electron chi connectivity index (χ1n) is 6.50. The van der Waals surface area contributed by atoms with E-state index in [4.69, 9.17) is 10.3 Å². The van der Waals surface area contributed by atoms with Crippen LogP contribution in [0.4, 0.5) is 13.2 Å². The summed E-state index contributed by atoms with van der Waals surface area (Å²) >= 11 is 0. The lowest BCUT2D eigenvalue weighted by atomic mass is 10.0. The standard InChI is InChI=1S/C12H20F3N3O2/c1-8(4-3-5-9(2)16)11-17-10(18-20-11)6-19-7-12(13,14)15/h8-9H,3-7,16H2,1-2H3. The van der Waals surface area contributed by atoms with Gasteiger partial charge in [-0.15, -0.1) is 0 Å². The molecule has 0 saturated heterocycles. The second-order valence-electron chi connectivity index (χ2n) is 4.97. The fourth-order valence-corrected chi connectivity index (χ4v) is 1.65. The quantitative estimate of drug-likeness (QED) is 0.798. The minimum atomic E-state index is -4.35. The maximum Gasteiger partial charge on any atom is 0.411 e. The molecule has 0 fully saturated rings. The zero-order valence-electron chi connectivity index (χ0n) is 11.6. The second-order valence-corrected chi connectivity index (χ2v) is 4.97. The smallest absolute Gasteiger partial charge is 0.364 e. The SMILES string of the molecule is CC(N)CCCC(C)c1nc(COCC(F)(F)F)no1. The van der Waals surface area contributed by atoms with Crippen molar-refractivity contribution in [2.45, 2.75) is 57.9 Å². The van der Waals surface area contributed by atoms with E-state index in [-0.39, 0.29) is 24.4 Å². The van der Waals surface area contributed by atoms with Gasteiger partial charge in [-0.3, -0.25) is 0 Å². The fourth-order valence-electron chi connectivity index (χ4n) is 1.65. The molecule has 0 spiro atoms. The molecule has 8 heteroatoms. The highest BCUT2D eigenvalue weighted by Crippen LogP contribution is 2.20. The molecule has 2 atom stereocenters. The summed E-state index contributed by atoms with van der Waals surface area (Å²) in [7, 11) is 0. The van der Waals surface area contributed by atoms with E-state index >= 15 is 0 Å². The van der Waals surface area contributed by atoms with Gasteiger partial charge in [0.2, 0.25) is 5.89 Å². The summed E-state index contributed by atoms with van der Waals surface area (Å²) in [6.07, 6.45) is -1.67. The van der Waals surface area contributed by atoms with Crippen molar-refractivity contribution in [3.8, 4) is 0 Å². The Morgan fingerprint density at radius 2 is 2.00 bits per heavy atom. The maximum absolute atomic E-state index is 11.9. The molecule has 0 aliphatic carbocycles. The number of hydrogen-bond acceptors (Lipinski definition) is 5. The Labute approximate surface area is 115 Å². The molecule has 5 nitrogen and oxygen atoms in total.